The van der Waals surface area contributed by atoms with Gasteiger partial charge in [-0.2, -0.15) is 0 Å². The van der Waals surface area contributed by atoms with E-state index in [1.165, 1.54) is 0 Å². The number of nitrogens with zero attached hydrogens (tertiary/aromatic N) is 1. The number of furan rings is 1. The molecule has 1 fully saturated rings. The van der Waals surface area contributed by atoms with Gasteiger partial charge in [-0.15, -0.1) is 0 Å². The van der Waals surface area contributed by atoms with Crippen LogP contribution >= 0.6 is 0 Å². The molecule has 2 heterocycles. The zero-order valence-electron chi connectivity index (χ0n) is 12.4. The maximum Gasteiger partial charge on any atom is 0.231 e. The van der Waals surface area contributed by atoms with Gasteiger partial charge in [0.25, 0.3) is 0 Å². The summed E-state index contributed by atoms with van der Waals surface area (Å²) in [6.07, 6.45) is 3.30. The van der Waals surface area contributed by atoms with Crippen molar-refractivity contribution in [2.75, 3.05) is 33.4 Å². The van der Waals surface area contributed by atoms with Gasteiger partial charge >= 0.3 is 0 Å². The molecule has 0 atom stereocenters. The molecule has 2 rings (SSSR count). The van der Waals surface area contributed by atoms with Crippen molar-refractivity contribution in [1.29, 1.82) is 0 Å². The predicted octanol–water partition coefficient (Wildman–Crippen LogP) is 1.64. The average Bonchev–Trinajstić information content (AvgIpc) is 2.98. The first-order chi connectivity index (χ1) is 9.72. The molecule has 1 aliphatic heterocycles. The van der Waals surface area contributed by atoms with E-state index in [9.17, 15) is 4.79 Å². The summed E-state index contributed by atoms with van der Waals surface area (Å²) in [6.45, 7) is 5.44. The third-order valence-electron chi connectivity index (χ3n) is 4.03. The van der Waals surface area contributed by atoms with E-state index in [0.29, 0.717) is 19.7 Å². The standard InChI is InChI=1S/C15H24N2O3/c1-3-17(11-13-5-4-10-20-13)14(18)15(12-19-2)6-8-16-9-7-15/h4-5,10,16H,3,6-9,11-12H2,1-2H3. The van der Waals surface area contributed by atoms with Crippen LogP contribution in [0.25, 0.3) is 0 Å². The van der Waals surface area contributed by atoms with Crippen LogP contribution in [0.2, 0.25) is 0 Å². The van der Waals surface area contributed by atoms with Gasteiger partial charge in [0.05, 0.1) is 24.8 Å². The Bertz CT molecular complexity index is 405. The summed E-state index contributed by atoms with van der Waals surface area (Å²) in [4.78, 5) is 14.8. The van der Waals surface area contributed by atoms with Crippen molar-refractivity contribution in [3.8, 4) is 0 Å². The first-order valence-corrected chi connectivity index (χ1v) is 7.23. The summed E-state index contributed by atoms with van der Waals surface area (Å²) in [7, 11) is 1.67. The number of carbonyl (C=O) groups is 1. The highest BCUT2D eigenvalue weighted by Gasteiger charge is 2.42. The molecule has 20 heavy (non-hydrogen) atoms. The first kappa shape index (κ1) is 15.1. The van der Waals surface area contributed by atoms with Gasteiger partial charge in [-0.3, -0.25) is 4.79 Å². The molecule has 1 amide bonds. The van der Waals surface area contributed by atoms with Crippen LogP contribution in [0.3, 0.4) is 0 Å². The van der Waals surface area contributed by atoms with E-state index in [1.54, 1.807) is 13.4 Å². The molecule has 5 heteroatoms. The Kier molecular flexibility index (Phi) is 5.20. The second-order valence-electron chi connectivity index (χ2n) is 5.36. The summed E-state index contributed by atoms with van der Waals surface area (Å²) >= 11 is 0. The SMILES string of the molecule is CCN(Cc1ccco1)C(=O)C1(COC)CCNCC1. The number of ether oxygens (including phenoxy) is 1. The van der Waals surface area contributed by atoms with Gasteiger partial charge in [-0.1, -0.05) is 0 Å². The number of nitrogens with one attached hydrogen (secondary N) is 1. The second-order valence-corrected chi connectivity index (χ2v) is 5.36. The number of rotatable bonds is 6. The maximum atomic E-state index is 12.9. The Morgan fingerprint density at radius 2 is 2.25 bits per heavy atom. The Labute approximate surface area is 120 Å². The van der Waals surface area contributed by atoms with Gasteiger partial charge in [0, 0.05) is 13.7 Å². The fourth-order valence-corrected chi connectivity index (χ4v) is 2.85. The number of amides is 1. The summed E-state index contributed by atoms with van der Waals surface area (Å²) < 4.78 is 10.7. The van der Waals surface area contributed by atoms with Gasteiger partial charge in [0.1, 0.15) is 5.76 Å². The Balaban J connectivity index is 2.11. The van der Waals surface area contributed by atoms with Crippen molar-refractivity contribution in [1.82, 2.24) is 10.2 Å². The minimum absolute atomic E-state index is 0.180. The molecule has 0 saturated carbocycles. The van der Waals surface area contributed by atoms with Crippen LogP contribution in [0, 0.1) is 5.41 Å². The molecule has 1 aromatic heterocycles. The van der Waals surface area contributed by atoms with E-state index in [2.05, 4.69) is 5.32 Å². The molecule has 0 unspecified atom stereocenters. The topological polar surface area (TPSA) is 54.7 Å². The van der Waals surface area contributed by atoms with Crippen LogP contribution in [-0.4, -0.2) is 44.2 Å². The largest absolute Gasteiger partial charge is 0.467 e. The van der Waals surface area contributed by atoms with Crippen molar-refractivity contribution >= 4 is 5.91 Å². The van der Waals surface area contributed by atoms with Crippen molar-refractivity contribution in [2.45, 2.75) is 26.3 Å². The normalized spacial score (nSPS) is 17.9. The highest BCUT2D eigenvalue weighted by molar-refractivity contribution is 5.83. The highest BCUT2D eigenvalue weighted by atomic mass is 16.5. The Hall–Kier alpha value is -1.33. The van der Waals surface area contributed by atoms with Crippen LogP contribution in [0.1, 0.15) is 25.5 Å². The minimum atomic E-state index is -0.386. The van der Waals surface area contributed by atoms with Gasteiger partial charge in [0.15, 0.2) is 0 Å². The summed E-state index contributed by atoms with van der Waals surface area (Å²) in [5, 5.41) is 3.31. The Morgan fingerprint density at radius 3 is 2.80 bits per heavy atom. The lowest BCUT2D eigenvalue weighted by atomic mass is 9.78. The van der Waals surface area contributed by atoms with Crippen molar-refractivity contribution in [3.05, 3.63) is 24.2 Å². The fourth-order valence-electron chi connectivity index (χ4n) is 2.85. The van der Waals surface area contributed by atoms with E-state index >= 15 is 0 Å². The summed E-state index contributed by atoms with van der Waals surface area (Å²) in [5.41, 5.74) is -0.386. The number of hydrogen-bond donors (Lipinski definition) is 1. The van der Waals surface area contributed by atoms with Gasteiger partial charge < -0.3 is 19.4 Å². The van der Waals surface area contributed by atoms with Gasteiger partial charge in [-0.25, -0.2) is 0 Å². The molecule has 1 aromatic rings. The molecule has 0 spiro atoms. The zero-order chi connectivity index (χ0) is 14.4. The monoisotopic (exact) mass is 280 g/mol. The molecule has 0 aliphatic carbocycles. The molecule has 5 nitrogen and oxygen atoms in total. The number of hydrogen-bond acceptors (Lipinski definition) is 4. The van der Waals surface area contributed by atoms with Gasteiger partial charge in [0.2, 0.25) is 5.91 Å². The number of carbonyl (C=O) groups excluding carboxylic acids is 1. The van der Waals surface area contributed by atoms with Crippen LogP contribution in [0.5, 0.6) is 0 Å². The number of methoxy groups -OCH3 is 1. The van der Waals surface area contributed by atoms with E-state index in [4.69, 9.17) is 9.15 Å². The van der Waals surface area contributed by atoms with Crippen molar-refractivity contribution in [3.63, 3.8) is 0 Å². The van der Waals surface area contributed by atoms with Crippen molar-refractivity contribution < 1.29 is 13.9 Å². The smallest absolute Gasteiger partial charge is 0.231 e. The van der Waals surface area contributed by atoms with Crippen LogP contribution in [0.15, 0.2) is 22.8 Å². The molecule has 1 saturated heterocycles. The average molecular weight is 280 g/mol. The first-order valence-electron chi connectivity index (χ1n) is 7.23. The molecule has 0 bridgehead atoms. The van der Waals surface area contributed by atoms with Gasteiger partial charge in [-0.05, 0) is 45.0 Å². The summed E-state index contributed by atoms with van der Waals surface area (Å²) in [5.74, 6) is 1.00. The van der Waals surface area contributed by atoms with Crippen LogP contribution < -0.4 is 5.32 Å². The van der Waals surface area contributed by atoms with E-state index in [-0.39, 0.29) is 11.3 Å². The minimum Gasteiger partial charge on any atom is -0.467 e. The second kappa shape index (κ2) is 6.90. The van der Waals surface area contributed by atoms with Crippen LogP contribution in [0.4, 0.5) is 0 Å². The fraction of sp³-hybridized carbons (Fsp3) is 0.667. The summed E-state index contributed by atoms with van der Waals surface area (Å²) in [6, 6.07) is 3.75. The van der Waals surface area contributed by atoms with Crippen LogP contribution in [-0.2, 0) is 16.1 Å². The number of piperidine rings is 1. The molecule has 0 radical (unpaired) electrons. The van der Waals surface area contributed by atoms with E-state index < -0.39 is 0 Å². The molecule has 1 aliphatic rings. The lowest BCUT2D eigenvalue weighted by Crippen LogP contribution is -2.51. The molecule has 0 aromatic carbocycles. The third-order valence-corrected chi connectivity index (χ3v) is 4.03. The predicted molar refractivity (Wildman–Crippen MR) is 76.2 cm³/mol. The quantitative estimate of drug-likeness (QED) is 0.861. The highest BCUT2D eigenvalue weighted by Crippen LogP contribution is 2.32. The molecule has 112 valence electrons. The molecular weight excluding hydrogens is 256 g/mol. The zero-order valence-corrected chi connectivity index (χ0v) is 12.4. The Morgan fingerprint density at radius 1 is 1.50 bits per heavy atom. The maximum absolute atomic E-state index is 12.9. The molecule has 1 N–H and O–H groups in total. The lowest BCUT2D eigenvalue weighted by molar-refractivity contribution is -0.148. The third kappa shape index (κ3) is 3.22. The molecular formula is C15H24N2O3. The van der Waals surface area contributed by atoms with E-state index in [0.717, 1.165) is 31.7 Å². The lowest BCUT2D eigenvalue weighted by Gasteiger charge is -2.39. The van der Waals surface area contributed by atoms with E-state index in [1.807, 2.05) is 24.0 Å². The van der Waals surface area contributed by atoms with Crippen molar-refractivity contribution in [2.24, 2.45) is 5.41 Å².